The van der Waals surface area contributed by atoms with E-state index in [0.29, 0.717) is 13.0 Å². The molecule has 2 unspecified atom stereocenters. The van der Waals surface area contributed by atoms with Crippen LogP contribution >= 0.6 is 0 Å². The molecule has 1 aliphatic carbocycles. The Morgan fingerprint density at radius 2 is 2.00 bits per heavy atom. The van der Waals surface area contributed by atoms with Gasteiger partial charge in [0.25, 0.3) is 0 Å². The lowest BCUT2D eigenvalue weighted by Gasteiger charge is -2.38. The minimum Gasteiger partial charge on any atom is -0.479 e. The fourth-order valence-electron chi connectivity index (χ4n) is 4.21. The van der Waals surface area contributed by atoms with Gasteiger partial charge in [0, 0.05) is 37.9 Å². The summed E-state index contributed by atoms with van der Waals surface area (Å²) in [7, 11) is -1.95. The Morgan fingerprint density at radius 3 is 2.53 bits per heavy atom. The maximum absolute atomic E-state index is 11.7. The molecule has 0 aromatic carbocycles. The molecule has 0 spiro atoms. The highest BCUT2D eigenvalue weighted by atomic mass is 28.4. The molecular formula is C25H44O6Si. The molecule has 0 aromatic heterocycles. The molecule has 0 aromatic rings. The minimum absolute atomic E-state index is 0.0185. The minimum atomic E-state index is -1.95. The summed E-state index contributed by atoms with van der Waals surface area (Å²) in [5, 5.41) is 9.72. The summed E-state index contributed by atoms with van der Waals surface area (Å²) in [5.41, 5.74) is 0. The summed E-state index contributed by atoms with van der Waals surface area (Å²) in [6, 6.07) is 0. The van der Waals surface area contributed by atoms with Crippen LogP contribution in [0.25, 0.3) is 0 Å². The Balaban J connectivity index is 2.24. The van der Waals surface area contributed by atoms with E-state index in [4.69, 9.17) is 18.6 Å². The fourth-order valence-corrected chi connectivity index (χ4v) is 5.25. The zero-order valence-electron chi connectivity index (χ0n) is 20.8. The van der Waals surface area contributed by atoms with Crippen LogP contribution in [-0.2, 0) is 23.4 Å². The third-order valence-corrected chi connectivity index (χ3v) is 11.7. The summed E-state index contributed by atoms with van der Waals surface area (Å²) in [4.78, 5) is 11.7. The lowest BCUT2D eigenvalue weighted by Crippen LogP contribution is -2.44. The number of carboxylic acid groups (broad SMARTS) is 1. The lowest BCUT2D eigenvalue weighted by molar-refractivity contribution is -0.198. The molecule has 1 heterocycles. The second-order valence-electron chi connectivity index (χ2n) is 10.6. The summed E-state index contributed by atoms with van der Waals surface area (Å²) in [6.45, 7) is 18.2. The van der Waals surface area contributed by atoms with Crippen molar-refractivity contribution in [3.05, 3.63) is 24.8 Å². The second kappa shape index (κ2) is 11.9. The number of hydrogen-bond donors (Lipinski definition) is 1. The van der Waals surface area contributed by atoms with Crippen LogP contribution < -0.4 is 0 Å². The molecule has 32 heavy (non-hydrogen) atoms. The molecule has 1 N–H and O–H groups in total. The molecule has 1 aliphatic heterocycles. The van der Waals surface area contributed by atoms with E-state index >= 15 is 0 Å². The van der Waals surface area contributed by atoms with Gasteiger partial charge in [-0.05, 0) is 44.3 Å². The molecule has 6 nitrogen and oxygen atoms in total. The van der Waals surface area contributed by atoms with Crippen molar-refractivity contribution in [3.8, 4) is 0 Å². The number of carboxylic acids is 1. The Kier molecular flexibility index (Phi) is 10.2. The quantitative estimate of drug-likeness (QED) is 0.317. The van der Waals surface area contributed by atoms with Crippen LogP contribution in [0.2, 0.25) is 18.1 Å². The Labute approximate surface area is 195 Å². The number of aliphatic carboxylic acids is 1. The van der Waals surface area contributed by atoms with Gasteiger partial charge in [-0.25, -0.2) is 4.79 Å². The van der Waals surface area contributed by atoms with Crippen LogP contribution in [0, 0.1) is 11.8 Å². The number of carbonyl (C=O) groups is 1. The van der Waals surface area contributed by atoms with Crippen LogP contribution in [0.4, 0.5) is 0 Å². The molecule has 1 saturated carbocycles. The predicted octanol–water partition coefficient (Wildman–Crippen LogP) is 5.55. The molecular weight excluding hydrogens is 424 g/mol. The predicted molar refractivity (Wildman–Crippen MR) is 129 cm³/mol. The summed E-state index contributed by atoms with van der Waals surface area (Å²) in [5.74, 6) is -0.864. The van der Waals surface area contributed by atoms with E-state index in [1.807, 2.05) is 13.0 Å². The molecule has 6 atom stereocenters. The van der Waals surface area contributed by atoms with Gasteiger partial charge in [-0.2, -0.15) is 0 Å². The van der Waals surface area contributed by atoms with Crippen molar-refractivity contribution in [1.29, 1.82) is 0 Å². The first-order chi connectivity index (χ1) is 15.0. The van der Waals surface area contributed by atoms with Gasteiger partial charge >= 0.3 is 5.97 Å². The van der Waals surface area contributed by atoms with Crippen molar-refractivity contribution in [2.45, 2.75) is 103 Å². The Morgan fingerprint density at radius 1 is 1.28 bits per heavy atom. The fraction of sp³-hybridized carbons (Fsp3) is 0.800. The summed E-state index contributed by atoms with van der Waals surface area (Å²) >= 11 is 0. The third kappa shape index (κ3) is 7.25. The lowest BCUT2D eigenvalue weighted by atomic mass is 9.93. The molecule has 0 amide bonds. The van der Waals surface area contributed by atoms with Gasteiger partial charge in [0.15, 0.2) is 20.7 Å². The zero-order valence-corrected chi connectivity index (χ0v) is 21.8. The van der Waals surface area contributed by atoms with Gasteiger partial charge in [-0.1, -0.05) is 39.0 Å². The largest absolute Gasteiger partial charge is 0.479 e. The van der Waals surface area contributed by atoms with Gasteiger partial charge in [0.2, 0.25) is 0 Å². The van der Waals surface area contributed by atoms with E-state index in [-0.39, 0.29) is 41.8 Å². The van der Waals surface area contributed by atoms with E-state index in [1.165, 1.54) is 0 Å². The first-order valence-electron chi connectivity index (χ1n) is 12.0. The molecule has 2 fully saturated rings. The normalized spacial score (nSPS) is 30.5. The number of hydrogen-bond acceptors (Lipinski definition) is 5. The van der Waals surface area contributed by atoms with E-state index in [9.17, 15) is 9.90 Å². The van der Waals surface area contributed by atoms with Crippen molar-refractivity contribution in [1.82, 2.24) is 0 Å². The van der Waals surface area contributed by atoms with Crippen molar-refractivity contribution in [3.63, 3.8) is 0 Å². The number of allylic oxidation sites excluding steroid dienone is 1. The average molecular weight is 469 g/mol. The van der Waals surface area contributed by atoms with Gasteiger partial charge in [-0.15, -0.1) is 6.58 Å². The van der Waals surface area contributed by atoms with Crippen molar-refractivity contribution in [2.24, 2.45) is 11.8 Å². The maximum Gasteiger partial charge on any atom is 0.333 e. The number of rotatable bonds is 11. The van der Waals surface area contributed by atoms with Crippen LogP contribution in [0.3, 0.4) is 0 Å². The first kappa shape index (κ1) is 27.3. The van der Waals surface area contributed by atoms with E-state index in [1.54, 1.807) is 6.08 Å². The Bertz CT molecular complexity index is 635. The van der Waals surface area contributed by atoms with E-state index in [0.717, 1.165) is 25.9 Å². The Hall–Kier alpha value is -0.993. The second-order valence-corrected chi connectivity index (χ2v) is 15.4. The van der Waals surface area contributed by atoms with Gasteiger partial charge < -0.3 is 23.7 Å². The van der Waals surface area contributed by atoms with Crippen LogP contribution in [0.15, 0.2) is 24.8 Å². The molecule has 184 valence electrons. The highest BCUT2D eigenvalue weighted by Crippen LogP contribution is 2.42. The van der Waals surface area contributed by atoms with Gasteiger partial charge in [-0.3, -0.25) is 0 Å². The molecule has 2 rings (SSSR count). The molecule has 0 radical (unpaired) electrons. The zero-order chi connectivity index (χ0) is 23.9. The van der Waals surface area contributed by atoms with Crippen LogP contribution in [-0.4, -0.2) is 57.2 Å². The van der Waals surface area contributed by atoms with Gasteiger partial charge in [0.1, 0.15) is 0 Å². The van der Waals surface area contributed by atoms with Crippen molar-refractivity contribution in [2.75, 3.05) is 13.2 Å². The third-order valence-electron chi connectivity index (χ3n) is 7.18. The summed E-state index contributed by atoms with van der Waals surface area (Å²) in [6.07, 6.45) is 8.22. The van der Waals surface area contributed by atoms with Crippen molar-refractivity contribution < 1.29 is 28.5 Å². The average Bonchev–Trinajstić information content (AvgIpc) is 3.02. The highest BCUT2D eigenvalue weighted by Gasteiger charge is 2.47. The van der Waals surface area contributed by atoms with Gasteiger partial charge in [0.05, 0.1) is 12.2 Å². The molecule has 1 saturated heterocycles. The molecule has 7 heteroatoms. The molecule has 0 bridgehead atoms. The van der Waals surface area contributed by atoms with Crippen molar-refractivity contribution >= 4 is 14.3 Å². The highest BCUT2D eigenvalue weighted by molar-refractivity contribution is 6.74. The standard InChI is InChI=1S/C25H44O6Si/c1-8-12-18-19(17-29-32(6,7)25(3,4)5)22(31-23-14-10-11-15-28-23)16-21(18)30-20(13-9-2)24(26)27/h8-9,12,18-23H,2,10-11,13-17H2,1,3-7H3,(H,26,27)/b12-8-/t18-,19-,20?,21+,22-,23?/m1/s1. The van der Waals surface area contributed by atoms with Crippen LogP contribution in [0.5, 0.6) is 0 Å². The first-order valence-corrected chi connectivity index (χ1v) is 14.9. The van der Waals surface area contributed by atoms with E-state index in [2.05, 4.69) is 46.5 Å². The van der Waals surface area contributed by atoms with E-state index < -0.39 is 20.4 Å². The maximum atomic E-state index is 11.7. The monoisotopic (exact) mass is 468 g/mol. The molecule has 2 aliphatic rings. The topological polar surface area (TPSA) is 74.2 Å². The summed E-state index contributed by atoms with van der Waals surface area (Å²) < 4.78 is 25.1. The SMILES string of the molecule is C=CCC(O[C@H]1C[C@@H](OC2CCCCO2)[C@H](CO[Si](C)(C)C(C)(C)C)[C@H]1/C=C\C)C(=O)O. The van der Waals surface area contributed by atoms with Crippen LogP contribution in [0.1, 0.15) is 59.8 Å². The smallest absolute Gasteiger partial charge is 0.333 e. The number of ether oxygens (including phenoxy) is 3.